The zero-order chi connectivity index (χ0) is 11.5. The first-order valence-corrected chi connectivity index (χ1v) is 6.18. The summed E-state index contributed by atoms with van der Waals surface area (Å²) >= 11 is 1.60. The van der Waals surface area contributed by atoms with Gasteiger partial charge in [-0.1, -0.05) is 0 Å². The fourth-order valence-electron chi connectivity index (χ4n) is 1.55. The second-order valence-corrected chi connectivity index (χ2v) is 4.92. The lowest BCUT2D eigenvalue weighted by molar-refractivity contribution is 0.253. The molecule has 1 aliphatic rings. The number of hydrogen-bond acceptors (Lipinski definition) is 3. The van der Waals surface area contributed by atoms with E-state index in [-0.39, 0.29) is 11.2 Å². The Morgan fingerprint density at radius 3 is 2.75 bits per heavy atom. The minimum atomic E-state index is -0.864. The van der Waals surface area contributed by atoms with Crippen molar-refractivity contribution >= 4 is 11.8 Å². The van der Waals surface area contributed by atoms with Crippen LogP contribution in [-0.4, -0.2) is 16.3 Å². The molecule has 0 radical (unpaired) electrons. The minimum Gasteiger partial charge on any atom is -0.505 e. The molecule has 2 nitrogen and oxygen atoms in total. The molecule has 0 spiro atoms. The van der Waals surface area contributed by atoms with E-state index in [2.05, 4.69) is 0 Å². The van der Waals surface area contributed by atoms with Crippen LogP contribution in [0.15, 0.2) is 12.1 Å². The fourth-order valence-corrected chi connectivity index (χ4v) is 2.69. The van der Waals surface area contributed by atoms with Gasteiger partial charge in [-0.25, -0.2) is 8.78 Å². The van der Waals surface area contributed by atoms with Crippen molar-refractivity contribution in [2.75, 3.05) is 5.75 Å². The summed E-state index contributed by atoms with van der Waals surface area (Å²) in [6.07, 6.45) is 3.02. The zero-order valence-corrected chi connectivity index (χ0v) is 9.40. The Kier molecular flexibility index (Phi) is 3.53. The predicted molar refractivity (Wildman–Crippen MR) is 58.7 cm³/mol. The van der Waals surface area contributed by atoms with Crippen LogP contribution in [-0.2, 0) is 0 Å². The molecule has 1 aliphatic heterocycles. The summed E-state index contributed by atoms with van der Waals surface area (Å²) in [4.78, 5) is 0. The van der Waals surface area contributed by atoms with Gasteiger partial charge in [-0.3, -0.25) is 0 Å². The molecular weight excluding hydrogens is 234 g/mol. The standard InChI is InChI=1S/C11H12F2O2S/c12-7-6-10(8(13)5-9(7)14)15-11-3-1-2-4-16-11/h5-6,11,14H,1-4H2/t11-/m1/s1. The molecule has 1 aromatic rings. The Bertz CT molecular complexity index is 378. The highest BCUT2D eigenvalue weighted by Gasteiger charge is 2.18. The zero-order valence-electron chi connectivity index (χ0n) is 8.58. The van der Waals surface area contributed by atoms with E-state index < -0.39 is 17.4 Å². The van der Waals surface area contributed by atoms with Crippen LogP contribution in [0.25, 0.3) is 0 Å². The number of benzene rings is 1. The van der Waals surface area contributed by atoms with Crippen molar-refractivity contribution in [2.24, 2.45) is 0 Å². The van der Waals surface area contributed by atoms with Crippen LogP contribution >= 0.6 is 11.8 Å². The number of halogens is 2. The summed E-state index contributed by atoms with van der Waals surface area (Å²) in [7, 11) is 0. The Balaban J connectivity index is 2.11. The first kappa shape index (κ1) is 11.5. The molecule has 1 N–H and O–H groups in total. The second kappa shape index (κ2) is 4.91. The second-order valence-electron chi connectivity index (χ2n) is 3.65. The number of phenols is 1. The summed E-state index contributed by atoms with van der Waals surface area (Å²) in [6.45, 7) is 0. The summed E-state index contributed by atoms with van der Waals surface area (Å²) in [6, 6.07) is 1.62. The molecule has 0 saturated carbocycles. The van der Waals surface area contributed by atoms with Gasteiger partial charge in [0.05, 0.1) is 0 Å². The minimum absolute atomic E-state index is 0.118. The third-order valence-electron chi connectivity index (χ3n) is 2.40. The molecule has 0 aromatic heterocycles. The van der Waals surface area contributed by atoms with Crippen molar-refractivity contribution in [2.45, 2.75) is 24.7 Å². The van der Waals surface area contributed by atoms with Gasteiger partial charge >= 0.3 is 0 Å². The molecule has 1 saturated heterocycles. The van der Waals surface area contributed by atoms with Crippen molar-refractivity contribution in [1.82, 2.24) is 0 Å². The van der Waals surface area contributed by atoms with E-state index in [4.69, 9.17) is 9.84 Å². The number of phenolic OH excluding ortho intramolecular Hbond substituents is 1. The SMILES string of the molecule is Oc1cc(F)c(O[C@H]2CCCCS2)cc1F. The summed E-state index contributed by atoms with van der Waals surface area (Å²) in [5.74, 6) is -1.44. The lowest BCUT2D eigenvalue weighted by Gasteiger charge is -2.22. The molecule has 1 fully saturated rings. The van der Waals surface area contributed by atoms with E-state index in [1.165, 1.54) is 0 Å². The average molecular weight is 246 g/mol. The highest BCUT2D eigenvalue weighted by Crippen LogP contribution is 2.31. The highest BCUT2D eigenvalue weighted by molar-refractivity contribution is 7.99. The van der Waals surface area contributed by atoms with Crippen molar-refractivity contribution in [3.8, 4) is 11.5 Å². The molecule has 1 heterocycles. The summed E-state index contributed by atoms with van der Waals surface area (Å²) in [5, 5.41) is 8.95. The van der Waals surface area contributed by atoms with E-state index in [0.717, 1.165) is 37.1 Å². The number of rotatable bonds is 2. The molecule has 5 heteroatoms. The van der Waals surface area contributed by atoms with Crippen molar-refractivity contribution in [1.29, 1.82) is 0 Å². The summed E-state index contributed by atoms with van der Waals surface area (Å²) in [5.41, 5.74) is -0.118. The van der Waals surface area contributed by atoms with Crippen LogP contribution < -0.4 is 4.74 Å². The van der Waals surface area contributed by atoms with Gasteiger partial charge < -0.3 is 9.84 Å². The smallest absolute Gasteiger partial charge is 0.169 e. The normalized spacial score (nSPS) is 20.8. The lowest BCUT2D eigenvalue weighted by atomic mass is 10.2. The molecule has 0 unspecified atom stereocenters. The van der Waals surface area contributed by atoms with E-state index in [9.17, 15) is 8.78 Å². The topological polar surface area (TPSA) is 29.5 Å². The third-order valence-corrected chi connectivity index (χ3v) is 3.63. The van der Waals surface area contributed by atoms with Crippen molar-refractivity contribution < 1.29 is 18.6 Å². The highest BCUT2D eigenvalue weighted by atomic mass is 32.2. The quantitative estimate of drug-likeness (QED) is 0.868. The lowest BCUT2D eigenvalue weighted by Crippen LogP contribution is -2.17. The number of thioether (sulfide) groups is 1. The van der Waals surface area contributed by atoms with E-state index in [1.807, 2.05) is 0 Å². The first-order chi connectivity index (χ1) is 7.66. The Hall–Kier alpha value is -0.970. The van der Waals surface area contributed by atoms with Gasteiger partial charge in [-0.2, -0.15) is 0 Å². The van der Waals surface area contributed by atoms with Crippen LogP contribution in [0.2, 0.25) is 0 Å². The maximum Gasteiger partial charge on any atom is 0.169 e. The van der Waals surface area contributed by atoms with Crippen LogP contribution in [0.4, 0.5) is 8.78 Å². The molecule has 0 amide bonds. The van der Waals surface area contributed by atoms with E-state index in [0.29, 0.717) is 0 Å². The van der Waals surface area contributed by atoms with Gasteiger partial charge in [-0.15, -0.1) is 11.8 Å². The maximum absolute atomic E-state index is 13.3. The van der Waals surface area contributed by atoms with Gasteiger partial charge in [-0.05, 0) is 25.0 Å². The van der Waals surface area contributed by atoms with Crippen molar-refractivity contribution in [3.05, 3.63) is 23.8 Å². The first-order valence-electron chi connectivity index (χ1n) is 5.13. The molecule has 0 bridgehead atoms. The van der Waals surface area contributed by atoms with Gasteiger partial charge in [0.15, 0.2) is 23.1 Å². The molecule has 0 aliphatic carbocycles. The third kappa shape index (κ3) is 2.58. The number of hydrogen-bond donors (Lipinski definition) is 1. The fraction of sp³-hybridized carbons (Fsp3) is 0.455. The molecule has 2 rings (SSSR count). The van der Waals surface area contributed by atoms with Crippen LogP contribution in [0.3, 0.4) is 0 Å². The average Bonchev–Trinajstić information content (AvgIpc) is 2.27. The Morgan fingerprint density at radius 1 is 1.25 bits per heavy atom. The monoisotopic (exact) mass is 246 g/mol. The number of aromatic hydroxyl groups is 1. The molecule has 1 aromatic carbocycles. The van der Waals surface area contributed by atoms with Crippen LogP contribution in [0.1, 0.15) is 19.3 Å². The molecule has 16 heavy (non-hydrogen) atoms. The Morgan fingerprint density at radius 2 is 2.06 bits per heavy atom. The maximum atomic E-state index is 13.3. The van der Waals surface area contributed by atoms with Crippen molar-refractivity contribution in [3.63, 3.8) is 0 Å². The molecule has 1 atom stereocenters. The largest absolute Gasteiger partial charge is 0.505 e. The summed E-state index contributed by atoms with van der Waals surface area (Å²) < 4.78 is 31.7. The van der Waals surface area contributed by atoms with Gasteiger partial charge in [0.25, 0.3) is 0 Å². The molecular formula is C11H12F2O2S. The molecule has 88 valence electrons. The van der Waals surface area contributed by atoms with E-state index >= 15 is 0 Å². The van der Waals surface area contributed by atoms with E-state index in [1.54, 1.807) is 11.8 Å². The van der Waals surface area contributed by atoms with Gasteiger partial charge in [0, 0.05) is 12.1 Å². The Labute approximate surface area is 96.6 Å². The van der Waals surface area contributed by atoms with Gasteiger partial charge in [0.2, 0.25) is 0 Å². The van der Waals surface area contributed by atoms with Crippen LogP contribution in [0, 0.1) is 11.6 Å². The number of ether oxygens (including phenoxy) is 1. The predicted octanol–water partition coefficient (Wildman–Crippen LogP) is 3.29. The van der Waals surface area contributed by atoms with Gasteiger partial charge in [0.1, 0.15) is 5.44 Å². The van der Waals surface area contributed by atoms with Crippen LogP contribution in [0.5, 0.6) is 11.5 Å².